The summed E-state index contributed by atoms with van der Waals surface area (Å²) in [5.74, 6) is 0.844. The van der Waals surface area contributed by atoms with Crippen molar-refractivity contribution in [3.05, 3.63) is 34.6 Å². The highest BCUT2D eigenvalue weighted by atomic mass is 16.6. The number of ether oxygens (including phenoxy) is 1. The zero-order valence-corrected chi connectivity index (χ0v) is 9.88. The molecule has 3 aromatic rings. The van der Waals surface area contributed by atoms with Gasteiger partial charge in [0.1, 0.15) is 5.75 Å². The van der Waals surface area contributed by atoms with E-state index >= 15 is 0 Å². The maximum atomic E-state index is 11.7. The molecule has 0 radical (unpaired) electrons. The number of hydrogen-bond donors (Lipinski definition) is 2. The molecular weight excluding hydrogens is 250 g/mol. The Kier molecular flexibility index (Phi) is 2.60. The number of rotatable bonds is 3. The number of H-pyrrole nitrogens is 1. The van der Waals surface area contributed by atoms with Crippen LogP contribution in [0.1, 0.15) is 0 Å². The molecule has 8 nitrogen and oxygen atoms in total. The van der Waals surface area contributed by atoms with Crippen molar-refractivity contribution >= 4 is 22.8 Å². The van der Waals surface area contributed by atoms with Gasteiger partial charge in [0.2, 0.25) is 11.3 Å². The first-order chi connectivity index (χ1) is 9.26. The molecule has 0 aliphatic rings. The molecule has 0 spiro atoms. The van der Waals surface area contributed by atoms with Gasteiger partial charge < -0.3 is 10.1 Å². The molecule has 0 saturated heterocycles. The first kappa shape index (κ1) is 11.2. The normalized spacial score (nSPS) is 10.6. The second kappa shape index (κ2) is 4.41. The Morgan fingerprint density at radius 2 is 2.05 bits per heavy atom. The van der Waals surface area contributed by atoms with Crippen molar-refractivity contribution in [2.75, 3.05) is 12.4 Å². The molecule has 2 N–H and O–H groups in total. The number of aromatic amines is 1. The minimum atomic E-state index is -0.404. The molecule has 0 aliphatic carbocycles. The lowest BCUT2D eigenvalue weighted by molar-refractivity contribution is 0.314. The van der Waals surface area contributed by atoms with Crippen molar-refractivity contribution in [2.45, 2.75) is 0 Å². The number of nitrogens with one attached hydrogen (secondary N) is 2. The highest BCUT2D eigenvalue weighted by molar-refractivity contribution is 5.67. The van der Waals surface area contributed by atoms with Gasteiger partial charge >= 0.3 is 0 Å². The molecule has 3 rings (SSSR count). The van der Waals surface area contributed by atoms with Gasteiger partial charge in [-0.25, -0.2) is 4.63 Å². The Labute approximate surface area is 106 Å². The number of fused-ring (bicyclic) bond motifs is 1. The molecular formula is C11H9N5O3. The Morgan fingerprint density at radius 1 is 1.26 bits per heavy atom. The van der Waals surface area contributed by atoms with E-state index < -0.39 is 5.56 Å². The van der Waals surface area contributed by atoms with Crippen molar-refractivity contribution in [1.29, 1.82) is 0 Å². The van der Waals surface area contributed by atoms with Crippen LogP contribution in [0.4, 0.5) is 11.5 Å². The monoisotopic (exact) mass is 259 g/mol. The molecule has 0 amide bonds. The third kappa shape index (κ3) is 2.10. The maximum Gasteiger partial charge on any atom is 0.292 e. The fourth-order valence-corrected chi connectivity index (χ4v) is 1.56. The topological polar surface area (TPSA) is 106 Å². The lowest BCUT2D eigenvalue weighted by Crippen LogP contribution is -2.13. The summed E-state index contributed by atoms with van der Waals surface area (Å²) in [5, 5.41) is 9.95. The fourth-order valence-electron chi connectivity index (χ4n) is 1.56. The SMILES string of the molecule is COc1ccc(Nc2nc3nonc3[nH]c2=O)cc1. The third-order valence-corrected chi connectivity index (χ3v) is 2.49. The highest BCUT2D eigenvalue weighted by Gasteiger charge is 2.08. The minimum absolute atomic E-state index is 0.119. The van der Waals surface area contributed by atoms with Crippen LogP contribution in [0.2, 0.25) is 0 Å². The van der Waals surface area contributed by atoms with Crippen LogP contribution in [-0.4, -0.2) is 27.4 Å². The Hall–Kier alpha value is -2.90. The Morgan fingerprint density at radius 3 is 2.79 bits per heavy atom. The van der Waals surface area contributed by atoms with E-state index in [9.17, 15) is 4.79 Å². The van der Waals surface area contributed by atoms with E-state index in [4.69, 9.17) is 4.74 Å². The smallest absolute Gasteiger partial charge is 0.292 e. The summed E-state index contributed by atoms with van der Waals surface area (Å²) in [7, 11) is 1.58. The van der Waals surface area contributed by atoms with Gasteiger partial charge in [-0.05, 0) is 34.6 Å². The van der Waals surface area contributed by atoms with Crippen LogP contribution in [0.5, 0.6) is 5.75 Å². The number of hydrogen-bond acceptors (Lipinski definition) is 7. The average molecular weight is 259 g/mol. The van der Waals surface area contributed by atoms with E-state index in [1.807, 2.05) is 0 Å². The van der Waals surface area contributed by atoms with Crippen LogP contribution in [0.3, 0.4) is 0 Å². The van der Waals surface area contributed by atoms with Crippen LogP contribution in [0.15, 0.2) is 33.7 Å². The molecule has 0 unspecified atom stereocenters. The molecule has 1 aromatic carbocycles. The van der Waals surface area contributed by atoms with Crippen molar-refractivity contribution in [2.24, 2.45) is 0 Å². The average Bonchev–Trinajstić information content (AvgIpc) is 2.87. The molecule has 19 heavy (non-hydrogen) atoms. The van der Waals surface area contributed by atoms with E-state index in [1.54, 1.807) is 31.4 Å². The van der Waals surface area contributed by atoms with Crippen molar-refractivity contribution in [3.63, 3.8) is 0 Å². The van der Waals surface area contributed by atoms with Crippen LogP contribution in [0, 0.1) is 0 Å². The zero-order chi connectivity index (χ0) is 13.2. The van der Waals surface area contributed by atoms with Gasteiger partial charge in [0.05, 0.1) is 7.11 Å². The van der Waals surface area contributed by atoms with E-state index in [-0.39, 0.29) is 17.1 Å². The van der Waals surface area contributed by atoms with Gasteiger partial charge in [-0.2, -0.15) is 4.98 Å². The predicted octanol–water partition coefficient (Wildman–Crippen LogP) is 1.06. The van der Waals surface area contributed by atoms with Crippen LogP contribution >= 0.6 is 0 Å². The number of nitrogens with zero attached hydrogens (tertiary/aromatic N) is 3. The lowest BCUT2D eigenvalue weighted by atomic mass is 10.3. The van der Waals surface area contributed by atoms with Gasteiger partial charge in [-0.15, -0.1) is 0 Å². The van der Waals surface area contributed by atoms with Gasteiger partial charge in [-0.1, -0.05) is 0 Å². The fraction of sp³-hybridized carbons (Fsp3) is 0.0909. The number of aromatic nitrogens is 4. The van der Waals surface area contributed by atoms with Crippen LogP contribution in [0.25, 0.3) is 11.3 Å². The Balaban J connectivity index is 1.95. The zero-order valence-electron chi connectivity index (χ0n) is 9.88. The van der Waals surface area contributed by atoms with Gasteiger partial charge in [0, 0.05) is 5.69 Å². The first-order valence-electron chi connectivity index (χ1n) is 5.40. The summed E-state index contributed by atoms with van der Waals surface area (Å²) in [5.41, 5.74) is 0.745. The van der Waals surface area contributed by atoms with Gasteiger partial charge in [-0.3, -0.25) is 9.78 Å². The van der Waals surface area contributed by atoms with Crippen LogP contribution in [-0.2, 0) is 0 Å². The number of benzene rings is 1. The summed E-state index contributed by atoms with van der Waals surface area (Å²) in [4.78, 5) is 18.3. The quantitative estimate of drug-likeness (QED) is 0.724. The second-order valence-corrected chi connectivity index (χ2v) is 3.70. The number of anilines is 2. The minimum Gasteiger partial charge on any atom is -0.497 e. The molecule has 2 heterocycles. The molecule has 8 heteroatoms. The van der Waals surface area contributed by atoms with E-state index in [1.165, 1.54) is 0 Å². The van der Waals surface area contributed by atoms with E-state index in [0.29, 0.717) is 5.69 Å². The van der Waals surface area contributed by atoms with E-state index in [2.05, 4.69) is 30.2 Å². The van der Waals surface area contributed by atoms with E-state index in [0.717, 1.165) is 5.75 Å². The lowest BCUT2D eigenvalue weighted by Gasteiger charge is -2.05. The molecule has 2 aromatic heterocycles. The molecule has 0 fully saturated rings. The summed E-state index contributed by atoms with van der Waals surface area (Å²) in [6, 6.07) is 7.08. The number of methoxy groups -OCH3 is 1. The summed E-state index contributed by atoms with van der Waals surface area (Å²) in [6.07, 6.45) is 0. The summed E-state index contributed by atoms with van der Waals surface area (Å²) < 4.78 is 9.53. The van der Waals surface area contributed by atoms with Crippen molar-refractivity contribution in [3.8, 4) is 5.75 Å². The van der Waals surface area contributed by atoms with Crippen molar-refractivity contribution in [1.82, 2.24) is 20.3 Å². The summed E-state index contributed by atoms with van der Waals surface area (Å²) in [6.45, 7) is 0. The van der Waals surface area contributed by atoms with Crippen molar-refractivity contribution < 1.29 is 9.37 Å². The predicted molar refractivity (Wildman–Crippen MR) is 66.5 cm³/mol. The van der Waals surface area contributed by atoms with Gasteiger partial charge in [0.25, 0.3) is 5.56 Å². The molecule has 0 saturated carbocycles. The highest BCUT2D eigenvalue weighted by Crippen LogP contribution is 2.17. The van der Waals surface area contributed by atoms with Gasteiger partial charge in [0.15, 0.2) is 5.82 Å². The molecule has 96 valence electrons. The standard InChI is InChI=1S/C11H9N5O3/c1-18-7-4-2-6(3-5-7)12-10-11(17)14-9-8(13-10)15-19-16-9/h2-5H,1H3,(H,12,13,15)(H,14,16,17). The third-order valence-electron chi connectivity index (χ3n) is 2.49. The molecule has 0 aliphatic heterocycles. The largest absolute Gasteiger partial charge is 0.497 e. The second-order valence-electron chi connectivity index (χ2n) is 3.70. The first-order valence-corrected chi connectivity index (χ1v) is 5.40. The molecule has 0 bridgehead atoms. The molecule has 0 atom stereocenters. The Bertz CT molecular complexity index is 762. The maximum absolute atomic E-state index is 11.7. The van der Waals surface area contributed by atoms with Crippen LogP contribution < -0.4 is 15.6 Å². The summed E-state index contributed by atoms with van der Waals surface area (Å²) >= 11 is 0.